The standard InChI is InChI=1S/C10H10N2O6S/c1-18-8(13)2-3-19-9-7(12(16)17)4-6(5-11-9)10(14)15/h4-5H,2-3H2,1H3,(H,14,15). The number of hydrogen-bond acceptors (Lipinski definition) is 7. The molecule has 0 aliphatic heterocycles. The van der Waals surface area contributed by atoms with Gasteiger partial charge in [-0.25, -0.2) is 9.78 Å². The van der Waals surface area contributed by atoms with Gasteiger partial charge in [0.2, 0.25) is 0 Å². The first kappa shape index (κ1) is 14.9. The van der Waals surface area contributed by atoms with Crippen LogP contribution < -0.4 is 0 Å². The number of nitro groups is 1. The van der Waals surface area contributed by atoms with E-state index in [0.717, 1.165) is 24.0 Å². The third-order valence-electron chi connectivity index (χ3n) is 2.05. The summed E-state index contributed by atoms with van der Waals surface area (Å²) in [4.78, 5) is 35.4. The van der Waals surface area contributed by atoms with Crippen LogP contribution in [0, 0.1) is 10.1 Å². The summed E-state index contributed by atoms with van der Waals surface area (Å²) in [6.07, 6.45) is 1.12. The van der Waals surface area contributed by atoms with E-state index in [9.17, 15) is 19.7 Å². The minimum absolute atomic E-state index is 0.0684. The van der Waals surface area contributed by atoms with Crippen LogP contribution in [0.15, 0.2) is 17.3 Å². The molecule has 9 heteroatoms. The summed E-state index contributed by atoms with van der Waals surface area (Å²) in [6, 6.07) is 0.940. The summed E-state index contributed by atoms with van der Waals surface area (Å²) in [6.45, 7) is 0. The predicted molar refractivity (Wildman–Crippen MR) is 65.2 cm³/mol. The zero-order valence-electron chi connectivity index (χ0n) is 9.86. The lowest BCUT2D eigenvalue weighted by Gasteiger charge is -2.02. The van der Waals surface area contributed by atoms with Crippen LogP contribution in [0.2, 0.25) is 0 Å². The van der Waals surface area contributed by atoms with Crippen molar-refractivity contribution in [1.29, 1.82) is 0 Å². The number of carbonyl (C=O) groups is 2. The van der Waals surface area contributed by atoms with E-state index in [1.807, 2.05) is 0 Å². The number of carbonyl (C=O) groups excluding carboxylic acids is 1. The van der Waals surface area contributed by atoms with Crippen molar-refractivity contribution in [1.82, 2.24) is 4.98 Å². The molecule has 0 saturated heterocycles. The molecule has 0 aliphatic carbocycles. The number of aromatic carboxylic acids is 1. The number of ether oxygens (including phenoxy) is 1. The van der Waals surface area contributed by atoms with Crippen LogP contribution in [-0.4, -0.2) is 39.8 Å². The molecule has 0 atom stereocenters. The SMILES string of the molecule is COC(=O)CCSc1ncc(C(=O)O)cc1[N+](=O)[O-]. The van der Waals surface area contributed by atoms with Crippen molar-refractivity contribution in [2.24, 2.45) is 0 Å². The Morgan fingerprint density at radius 1 is 1.58 bits per heavy atom. The lowest BCUT2D eigenvalue weighted by molar-refractivity contribution is -0.388. The van der Waals surface area contributed by atoms with Crippen molar-refractivity contribution in [2.75, 3.05) is 12.9 Å². The molecule has 0 amide bonds. The zero-order valence-corrected chi connectivity index (χ0v) is 10.7. The molecular formula is C10H10N2O6S. The molecule has 0 unspecified atom stereocenters. The lowest BCUT2D eigenvalue weighted by atomic mass is 10.3. The number of carboxylic acids is 1. The number of carboxylic acid groups (broad SMARTS) is 1. The van der Waals surface area contributed by atoms with Crippen molar-refractivity contribution in [3.63, 3.8) is 0 Å². The van der Waals surface area contributed by atoms with Gasteiger partial charge in [-0.3, -0.25) is 14.9 Å². The van der Waals surface area contributed by atoms with Crippen LogP contribution in [0.25, 0.3) is 0 Å². The Hall–Kier alpha value is -2.16. The number of methoxy groups -OCH3 is 1. The van der Waals surface area contributed by atoms with E-state index in [0.29, 0.717) is 0 Å². The Bertz CT molecular complexity index is 519. The van der Waals surface area contributed by atoms with E-state index < -0.39 is 22.5 Å². The summed E-state index contributed by atoms with van der Waals surface area (Å²) < 4.78 is 4.43. The van der Waals surface area contributed by atoms with Crippen LogP contribution in [0.3, 0.4) is 0 Å². The highest BCUT2D eigenvalue weighted by atomic mass is 32.2. The molecule has 1 aromatic rings. The van der Waals surface area contributed by atoms with Gasteiger partial charge in [0, 0.05) is 18.0 Å². The van der Waals surface area contributed by atoms with Crippen LogP contribution >= 0.6 is 11.8 Å². The van der Waals surface area contributed by atoms with Crippen LogP contribution in [-0.2, 0) is 9.53 Å². The second kappa shape index (κ2) is 6.69. The highest BCUT2D eigenvalue weighted by molar-refractivity contribution is 7.99. The third kappa shape index (κ3) is 4.21. The van der Waals surface area contributed by atoms with Crippen molar-refractivity contribution >= 4 is 29.4 Å². The molecule has 8 nitrogen and oxygen atoms in total. The van der Waals surface area contributed by atoms with Gasteiger partial charge < -0.3 is 9.84 Å². The van der Waals surface area contributed by atoms with Crippen molar-refractivity contribution in [3.05, 3.63) is 27.9 Å². The van der Waals surface area contributed by atoms with Gasteiger partial charge in [-0.05, 0) is 0 Å². The smallest absolute Gasteiger partial charge is 0.337 e. The first-order chi connectivity index (χ1) is 8.95. The maximum absolute atomic E-state index is 10.9. The molecule has 0 aliphatic rings. The van der Waals surface area contributed by atoms with Crippen molar-refractivity contribution in [2.45, 2.75) is 11.4 Å². The quantitative estimate of drug-likeness (QED) is 0.360. The second-order valence-electron chi connectivity index (χ2n) is 3.29. The fourth-order valence-corrected chi connectivity index (χ4v) is 2.00. The van der Waals surface area contributed by atoms with Gasteiger partial charge in [-0.15, -0.1) is 0 Å². The minimum atomic E-state index is -1.29. The highest BCUT2D eigenvalue weighted by Gasteiger charge is 2.19. The molecule has 102 valence electrons. The summed E-state index contributed by atoms with van der Waals surface area (Å²) in [5, 5.41) is 19.6. The van der Waals surface area contributed by atoms with Gasteiger partial charge in [0.15, 0.2) is 5.03 Å². The Morgan fingerprint density at radius 2 is 2.26 bits per heavy atom. The van der Waals surface area contributed by atoms with Gasteiger partial charge in [-0.1, -0.05) is 11.8 Å². The van der Waals surface area contributed by atoms with Crippen molar-refractivity contribution in [3.8, 4) is 0 Å². The number of aromatic nitrogens is 1. The number of thioether (sulfide) groups is 1. The molecule has 0 radical (unpaired) electrons. The second-order valence-corrected chi connectivity index (χ2v) is 4.37. The topological polar surface area (TPSA) is 120 Å². The number of esters is 1. The van der Waals surface area contributed by atoms with Crippen molar-refractivity contribution < 1.29 is 24.4 Å². The number of rotatable bonds is 6. The summed E-state index contributed by atoms with van der Waals surface area (Å²) >= 11 is 0.993. The monoisotopic (exact) mass is 286 g/mol. The maximum atomic E-state index is 10.9. The van der Waals surface area contributed by atoms with Crippen LogP contribution in [0.4, 0.5) is 5.69 Å². The van der Waals surface area contributed by atoms with Gasteiger partial charge in [0.25, 0.3) is 0 Å². The first-order valence-corrected chi connectivity index (χ1v) is 6.01. The summed E-state index contributed by atoms with van der Waals surface area (Å²) in [5.41, 5.74) is -0.654. The van der Waals surface area contributed by atoms with E-state index >= 15 is 0 Å². The Labute approximate surface area is 111 Å². The van der Waals surface area contributed by atoms with Crippen LogP contribution in [0.5, 0.6) is 0 Å². The van der Waals surface area contributed by atoms with E-state index in [4.69, 9.17) is 5.11 Å². The third-order valence-corrected chi connectivity index (χ3v) is 3.04. The lowest BCUT2D eigenvalue weighted by Crippen LogP contribution is -2.03. The molecule has 19 heavy (non-hydrogen) atoms. The molecule has 0 bridgehead atoms. The number of nitrogens with zero attached hydrogens (tertiary/aromatic N) is 2. The molecule has 0 fully saturated rings. The van der Waals surface area contributed by atoms with Gasteiger partial charge in [0.05, 0.1) is 24.0 Å². The average Bonchev–Trinajstić information content (AvgIpc) is 2.38. The molecular weight excluding hydrogens is 276 g/mol. The minimum Gasteiger partial charge on any atom is -0.478 e. The Balaban J connectivity index is 2.85. The number of pyridine rings is 1. The molecule has 1 aromatic heterocycles. The predicted octanol–water partition coefficient (Wildman–Crippen LogP) is 1.34. The average molecular weight is 286 g/mol. The fraction of sp³-hybridized carbons (Fsp3) is 0.300. The Kier molecular flexibility index (Phi) is 5.24. The van der Waals surface area contributed by atoms with E-state index in [1.165, 1.54) is 7.11 Å². The van der Waals surface area contributed by atoms with Gasteiger partial charge in [0.1, 0.15) is 0 Å². The molecule has 1 rings (SSSR count). The van der Waals surface area contributed by atoms with Gasteiger partial charge >= 0.3 is 17.6 Å². The Morgan fingerprint density at radius 3 is 2.79 bits per heavy atom. The molecule has 1 N–H and O–H groups in total. The maximum Gasteiger partial charge on any atom is 0.337 e. The van der Waals surface area contributed by atoms with E-state index in [1.54, 1.807) is 0 Å². The highest BCUT2D eigenvalue weighted by Crippen LogP contribution is 2.28. The first-order valence-electron chi connectivity index (χ1n) is 5.03. The zero-order chi connectivity index (χ0) is 14.4. The summed E-state index contributed by atoms with van der Waals surface area (Å²) in [5.74, 6) is -1.47. The van der Waals surface area contributed by atoms with E-state index in [2.05, 4.69) is 9.72 Å². The van der Waals surface area contributed by atoms with Gasteiger partial charge in [-0.2, -0.15) is 0 Å². The largest absolute Gasteiger partial charge is 0.478 e. The fourth-order valence-electron chi connectivity index (χ4n) is 1.13. The summed E-state index contributed by atoms with van der Waals surface area (Å²) in [7, 11) is 1.25. The normalized spacial score (nSPS) is 9.95. The van der Waals surface area contributed by atoms with Crippen LogP contribution in [0.1, 0.15) is 16.8 Å². The molecule has 0 spiro atoms. The van der Waals surface area contributed by atoms with E-state index in [-0.39, 0.29) is 22.8 Å². The molecule has 1 heterocycles. The molecule has 0 aromatic carbocycles. The molecule has 0 saturated carbocycles. The number of hydrogen-bond donors (Lipinski definition) is 1.